The third kappa shape index (κ3) is 2.84. The van der Waals surface area contributed by atoms with Crippen molar-refractivity contribution in [2.45, 2.75) is 29.8 Å². The number of hydrogen-bond acceptors (Lipinski definition) is 2. The monoisotopic (exact) mass is 338 g/mol. The summed E-state index contributed by atoms with van der Waals surface area (Å²) in [5.74, 6) is 1.43. The average molecular weight is 337 g/mol. The van der Waals surface area contributed by atoms with Gasteiger partial charge in [-0.1, -0.05) is 0 Å². The molecule has 0 bridgehead atoms. The molecule has 1 heterocycles. The van der Waals surface area contributed by atoms with Gasteiger partial charge in [0.15, 0.2) is 0 Å². The summed E-state index contributed by atoms with van der Waals surface area (Å²) in [6.45, 7) is 5.15. The van der Waals surface area contributed by atoms with E-state index < -0.39 is 19.8 Å². The Labute approximate surface area is 111 Å². The molecule has 0 N–H and O–H groups in total. The Hall–Kier alpha value is -0.511. The molecular weight excluding hydrogens is 317 g/mol. The third-order valence-corrected chi connectivity index (χ3v) is 7.46. The van der Waals surface area contributed by atoms with Crippen LogP contribution in [0.2, 0.25) is 9.88 Å². The van der Waals surface area contributed by atoms with Gasteiger partial charge in [0.05, 0.1) is 0 Å². The SMILES string of the molecule is CC(C)[C@H]1COC(c2cccc[c]2[Sn]([CH3])[CH3])=N1. The maximum atomic E-state index is 5.79. The fourth-order valence-corrected chi connectivity index (χ4v) is 5.29. The zero-order valence-electron chi connectivity index (χ0n) is 11.0. The van der Waals surface area contributed by atoms with Gasteiger partial charge in [0, 0.05) is 0 Å². The molecule has 0 saturated heterocycles. The van der Waals surface area contributed by atoms with Crippen LogP contribution in [-0.4, -0.2) is 38.3 Å². The van der Waals surface area contributed by atoms with Gasteiger partial charge < -0.3 is 0 Å². The summed E-state index contributed by atoms with van der Waals surface area (Å²) in [4.78, 5) is 9.53. The van der Waals surface area contributed by atoms with Gasteiger partial charge in [-0.3, -0.25) is 0 Å². The molecule has 0 unspecified atom stereocenters. The van der Waals surface area contributed by atoms with E-state index in [0.29, 0.717) is 12.0 Å². The van der Waals surface area contributed by atoms with Crippen molar-refractivity contribution in [2.24, 2.45) is 10.9 Å². The molecule has 0 fully saturated rings. The molecule has 0 aromatic heterocycles. The van der Waals surface area contributed by atoms with Crippen molar-refractivity contribution in [1.82, 2.24) is 0 Å². The van der Waals surface area contributed by atoms with E-state index in [0.717, 1.165) is 12.5 Å². The number of hydrogen-bond donors (Lipinski definition) is 0. The van der Waals surface area contributed by atoms with E-state index in [9.17, 15) is 0 Å². The standard InChI is InChI=1S/C12H14NO.2CH3.Sn/c1-9(2)11-8-14-12(13-11)10-6-4-3-5-7-10;;;/h3-6,9,11H,8H2,1-2H3;2*1H3;/t11-;;;/m1.../s1. The molecule has 1 aliphatic rings. The summed E-state index contributed by atoms with van der Waals surface area (Å²) < 4.78 is 7.30. The first-order chi connectivity index (χ1) is 8.09. The first-order valence-corrected chi connectivity index (χ1v) is 13.3. The molecule has 1 atom stereocenters. The Morgan fingerprint density at radius 1 is 1.29 bits per heavy atom. The normalized spacial score (nSPS) is 19.6. The predicted octanol–water partition coefficient (Wildman–Crippen LogP) is 2.45. The summed E-state index contributed by atoms with van der Waals surface area (Å²) in [6.07, 6.45) is 0. The van der Waals surface area contributed by atoms with Gasteiger partial charge >= 0.3 is 111 Å². The van der Waals surface area contributed by atoms with Crippen molar-refractivity contribution in [2.75, 3.05) is 6.61 Å². The van der Waals surface area contributed by atoms with Crippen molar-refractivity contribution >= 4 is 29.2 Å². The number of nitrogens with zero attached hydrogens (tertiary/aromatic N) is 1. The molecule has 0 amide bonds. The van der Waals surface area contributed by atoms with Crippen molar-refractivity contribution in [1.29, 1.82) is 0 Å². The van der Waals surface area contributed by atoms with E-state index >= 15 is 0 Å². The van der Waals surface area contributed by atoms with E-state index in [1.165, 1.54) is 9.14 Å². The fourth-order valence-electron chi connectivity index (χ4n) is 1.98. The molecule has 0 aliphatic carbocycles. The minimum absolute atomic E-state index is 0.332. The summed E-state index contributed by atoms with van der Waals surface area (Å²) in [5.41, 5.74) is 1.25. The third-order valence-electron chi connectivity index (χ3n) is 3.14. The molecule has 17 heavy (non-hydrogen) atoms. The second-order valence-electron chi connectivity index (χ2n) is 5.10. The molecule has 0 saturated carbocycles. The Morgan fingerprint density at radius 2 is 2.00 bits per heavy atom. The predicted molar refractivity (Wildman–Crippen MR) is 74.7 cm³/mol. The van der Waals surface area contributed by atoms with Crippen molar-refractivity contribution in [3.8, 4) is 0 Å². The minimum atomic E-state index is -1.38. The van der Waals surface area contributed by atoms with Crippen LogP contribution < -0.4 is 3.58 Å². The second-order valence-corrected chi connectivity index (χ2v) is 12.3. The van der Waals surface area contributed by atoms with E-state index in [4.69, 9.17) is 9.73 Å². The van der Waals surface area contributed by atoms with Gasteiger partial charge in [-0.05, 0) is 0 Å². The second kappa shape index (κ2) is 5.42. The van der Waals surface area contributed by atoms with Crippen LogP contribution >= 0.6 is 0 Å². The molecule has 1 aromatic carbocycles. The number of rotatable bonds is 3. The van der Waals surface area contributed by atoms with Crippen LogP contribution in [-0.2, 0) is 4.74 Å². The van der Waals surface area contributed by atoms with Gasteiger partial charge in [-0.25, -0.2) is 0 Å². The van der Waals surface area contributed by atoms with Crippen molar-refractivity contribution in [3.05, 3.63) is 29.8 Å². The zero-order valence-corrected chi connectivity index (χ0v) is 13.9. The number of aliphatic imine (C=N–C) groups is 1. The van der Waals surface area contributed by atoms with Gasteiger partial charge in [0.25, 0.3) is 0 Å². The van der Waals surface area contributed by atoms with E-state index in [-0.39, 0.29) is 0 Å². The van der Waals surface area contributed by atoms with Crippen LogP contribution in [0.3, 0.4) is 0 Å². The molecule has 91 valence electrons. The van der Waals surface area contributed by atoms with E-state index in [1.807, 2.05) is 0 Å². The van der Waals surface area contributed by atoms with Crippen LogP contribution in [0.15, 0.2) is 29.3 Å². The van der Waals surface area contributed by atoms with Gasteiger partial charge in [0.1, 0.15) is 0 Å². The van der Waals surface area contributed by atoms with Crippen LogP contribution in [0.1, 0.15) is 19.4 Å². The van der Waals surface area contributed by atoms with Crippen LogP contribution in [0.5, 0.6) is 0 Å². The zero-order chi connectivity index (χ0) is 12.4. The van der Waals surface area contributed by atoms with Gasteiger partial charge in [-0.15, -0.1) is 0 Å². The van der Waals surface area contributed by atoms with Gasteiger partial charge in [0.2, 0.25) is 0 Å². The molecule has 1 aliphatic heterocycles. The quantitative estimate of drug-likeness (QED) is 0.777. The van der Waals surface area contributed by atoms with Gasteiger partial charge in [-0.2, -0.15) is 0 Å². The summed E-state index contributed by atoms with van der Waals surface area (Å²) in [5, 5.41) is 0. The van der Waals surface area contributed by atoms with Crippen LogP contribution in [0.25, 0.3) is 0 Å². The molecule has 1 radical (unpaired) electrons. The topological polar surface area (TPSA) is 21.6 Å². The summed E-state index contributed by atoms with van der Waals surface area (Å²) in [7, 11) is 0. The average Bonchev–Trinajstić information content (AvgIpc) is 2.78. The Kier molecular flexibility index (Phi) is 4.12. The van der Waals surface area contributed by atoms with Crippen LogP contribution in [0.4, 0.5) is 0 Å². The molecule has 2 rings (SSSR count). The first-order valence-electron chi connectivity index (χ1n) is 6.20. The molecule has 2 nitrogen and oxygen atoms in total. The number of benzene rings is 1. The van der Waals surface area contributed by atoms with Crippen molar-refractivity contribution in [3.63, 3.8) is 0 Å². The van der Waals surface area contributed by atoms with E-state index in [2.05, 4.69) is 48.0 Å². The molecule has 3 heteroatoms. The maximum absolute atomic E-state index is 5.79. The summed E-state index contributed by atoms with van der Waals surface area (Å²) in [6, 6.07) is 8.95. The Balaban J connectivity index is 2.32. The van der Waals surface area contributed by atoms with Crippen LogP contribution in [0, 0.1) is 5.92 Å². The molecule has 1 aromatic rings. The fraction of sp³-hybridized carbons (Fsp3) is 0.500. The Morgan fingerprint density at radius 3 is 2.59 bits per heavy atom. The Bertz CT molecular complexity index is 426. The molecular formula is C14H20NOSn. The summed E-state index contributed by atoms with van der Waals surface area (Å²) >= 11 is -1.38. The molecule has 0 spiro atoms. The number of ether oxygens (including phenoxy) is 1. The van der Waals surface area contributed by atoms with E-state index in [1.54, 1.807) is 0 Å². The van der Waals surface area contributed by atoms with Crippen molar-refractivity contribution < 1.29 is 4.74 Å². The first kappa shape index (κ1) is 12.9.